The third kappa shape index (κ3) is 5.04. The van der Waals surface area contributed by atoms with Gasteiger partial charge in [-0.25, -0.2) is 0 Å². The Labute approximate surface area is 127 Å². The third-order valence-corrected chi connectivity index (χ3v) is 5.05. The molecule has 2 aliphatic rings. The Balaban J connectivity index is 0.000000956. The van der Waals surface area contributed by atoms with Gasteiger partial charge in [0.15, 0.2) is 0 Å². The number of unbranched alkanes of at least 4 members (excludes halogenated alkanes) is 2. The van der Waals surface area contributed by atoms with Gasteiger partial charge in [-0.15, -0.1) is 0 Å². The van der Waals surface area contributed by atoms with Gasteiger partial charge in [-0.1, -0.05) is 40.5 Å². The van der Waals surface area contributed by atoms with Crippen LogP contribution in [-0.2, 0) is 0 Å². The highest BCUT2D eigenvalue weighted by Gasteiger charge is 2.43. The van der Waals surface area contributed by atoms with Crippen LogP contribution < -0.4 is 5.32 Å². The van der Waals surface area contributed by atoms with Gasteiger partial charge in [0.05, 0.1) is 0 Å². The van der Waals surface area contributed by atoms with Crippen molar-refractivity contribution in [1.82, 2.24) is 10.2 Å². The lowest BCUT2D eigenvalue weighted by Crippen LogP contribution is -2.58. The van der Waals surface area contributed by atoms with Crippen molar-refractivity contribution < 1.29 is 0 Å². The first kappa shape index (κ1) is 18.0. The van der Waals surface area contributed by atoms with Crippen molar-refractivity contribution in [3.05, 3.63) is 0 Å². The lowest BCUT2D eigenvalue weighted by atomic mass is 9.69. The fourth-order valence-corrected chi connectivity index (χ4v) is 4.00. The Morgan fingerprint density at radius 1 is 1.10 bits per heavy atom. The van der Waals surface area contributed by atoms with Crippen LogP contribution in [0.2, 0.25) is 0 Å². The van der Waals surface area contributed by atoms with Gasteiger partial charge in [0.25, 0.3) is 0 Å². The van der Waals surface area contributed by atoms with Crippen molar-refractivity contribution in [2.24, 2.45) is 5.92 Å². The smallest absolute Gasteiger partial charge is 0.0186 e. The Morgan fingerprint density at radius 3 is 2.20 bits per heavy atom. The van der Waals surface area contributed by atoms with E-state index in [-0.39, 0.29) is 0 Å². The summed E-state index contributed by atoms with van der Waals surface area (Å²) in [5, 5.41) is 3.75. The van der Waals surface area contributed by atoms with Crippen molar-refractivity contribution in [1.29, 1.82) is 0 Å². The molecular formula is C18H38N2. The molecule has 1 saturated carbocycles. The van der Waals surface area contributed by atoms with Gasteiger partial charge in [0, 0.05) is 24.7 Å². The molecule has 0 bridgehead atoms. The standard InChI is InChI=1S/C16H32N2.C2H6/c1-4-5-6-9-17-15-7-10-18(11-8-15)16(3)12-14(2)13-16;1-2/h14-15,17H,4-13H2,1-3H3;1-2H3. The quantitative estimate of drug-likeness (QED) is 0.724. The fraction of sp³-hybridized carbons (Fsp3) is 1.00. The lowest BCUT2D eigenvalue weighted by Gasteiger charge is -2.53. The molecule has 1 aliphatic heterocycles. The summed E-state index contributed by atoms with van der Waals surface area (Å²) < 4.78 is 0. The monoisotopic (exact) mass is 282 g/mol. The predicted octanol–water partition coefficient (Wildman–Crippen LogP) is 4.45. The number of likely N-dealkylation sites (tertiary alicyclic amines) is 1. The van der Waals surface area contributed by atoms with E-state index in [1.807, 2.05) is 13.8 Å². The molecule has 1 N–H and O–H groups in total. The Kier molecular flexibility index (Phi) is 8.13. The molecule has 20 heavy (non-hydrogen) atoms. The van der Waals surface area contributed by atoms with Crippen LogP contribution in [-0.4, -0.2) is 36.1 Å². The summed E-state index contributed by atoms with van der Waals surface area (Å²) >= 11 is 0. The molecule has 0 spiro atoms. The van der Waals surface area contributed by atoms with Gasteiger partial charge in [0.1, 0.15) is 0 Å². The van der Waals surface area contributed by atoms with E-state index in [4.69, 9.17) is 0 Å². The first-order valence-corrected chi connectivity index (χ1v) is 9.12. The highest BCUT2D eigenvalue weighted by atomic mass is 15.2. The molecule has 0 amide bonds. The summed E-state index contributed by atoms with van der Waals surface area (Å²) in [6, 6.07) is 0.791. The number of nitrogens with one attached hydrogen (secondary N) is 1. The zero-order chi connectivity index (χ0) is 15.0. The number of hydrogen-bond acceptors (Lipinski definition) is 2. The van der Waals surface area contributed by atoms with E-state index in [2.05, 4.69) is 31.0 Å². The first-order chi connectivity index (χ1) is 9.64. The molecule has 0 radical (unpaired) electrons. The predicted molar refractivity (Wildman–Crippen MR) is 90.3 cm³/mol. The number of rotatable bonds is 6. The van der Waals surface area contributed by atoms with Crippen LogP contribution in [0.3, 0.4) is 0 Å². The zero-order valence-corrected chi connectivity index (χ0v) is 14.7. The van der Waals surface area contributed by atoms with Crippen LogP contribution in [0.1, 0.15) is 79.6 Å². The molecule has 2 rings (SSSR count). The average molecular weight is 283 g/mol. The molecule has 0 aromatic heterocycles. The summed E-state index contributed by atoms with van der Waals surface area (Å²) in [6.45, 7) is 15.0. The molecular weight excluding hydrogens is 244 g/mol. The van der Waals surface area contributed by atoms with Crippen LogP contribution in [0, 0.1) is 5.92 Å². The van der Waals surface area contributed by atoms with E-state index < -0.39 is 0 Å². The summed E-state index contributed by atoms with van der Waals surface area (Å²) in [5.74, 6) is 0.958. The van der Waals surface area contributed by atoms with E-state index in [0.29, 0.717) is 5.54 Å². The van der Waals surface area contributed by atoms with E-state index in [0.717, 1.165) is 12.0 Å². The number of hydrogen-bond donors (Lipinski definition) is 1. The lowest BCUT2D eigenvalue weighted by molar-refractivity contribution is -0.0211. The summed E-state index contributed by atoms with van der Waals surface area (Å²) in [7, 11) is 0. The average Bonchev–Trinajstić information content (AvgIpc) is 2.45. The van der Waals surface area contributed by atoms with Crippen molar-refractivity contribution in [2.75, 3.05) is 19.6 Å². The van der Waals surface area contributed by atoms with Gasteiger partial charge in [-0.05, 0) is 51.5 Å². The minimum absolute atomic E-state index is 0.548. The molecule has 120 valence electrons. The van der Waals surface area contributed by atoms with Gasteiger partial charge < -0.3 is 5.32 Å². The molecule has 1 aliphatic carbocycles. The summed E-state index contributed by atoms with van der Waals surface area (Å²) in [5.41, 5.74) is 0.548. The molecule has 1 saturated heterocycles. The zero-order valence-electron chi connectivity index (χ0n) is 14.7. The van der Waals surface area contributed by atoms with E-state index in [1.54, 1.807) is 0 Å². The van der Waals surface area contributed by atoms with Crippen LogP contribution >= 0.6 is 0 Å². The molecule has 1 heterocycles. The normalized spacial score (nSPS) is 31.4. The molecule has 0 aromatic rings. The third-order valence-electron chi connectivity index (χ3n) is 5.05. The second-order valence-electron chi connectivity index (χ2n) is 6.93. The minimum atomic E-state index is 0.548. The largest absolute Gasteiger partial charge is 0.314 e. The SMILES string of the molecule is CC.CCCCCNC1CCN(C2(C)CC(C)C2)CC1. The van der Waals surface area contributed by atoms with Crippen LogP contribution in [0.5, 0.6) is 0 Å². The van der Waals surface area contributed by atoms with Crippen molar-refractivity contribution in [3.63, 3.8) is 0 Å². The first-order valence-electron chi connectivity index (χ1n) is 9.12. The van der Waals surface area contributed by atoms with Gasteiger partial charge in [-0.3, -0.25) is 4.90 Å². The maximum atomic E-state index is 3.75. The maximum Gasteiger partial charge on any atom is 0.0186 e. The van der Waals surface area contributed by atoms with Crippen LogP contribution in [0.15, 0.2) is 0 Å². The second-order valence-corrected chi connectivity index (χ2v) is 6.93. The molecule has 2 fully saturated rings. The van der Waals surface area contributed by atoms with E-state index in [9.17, 15) is 0 Å². The highest BCUT2D eigenvalue weighted by Crippen LogP contribution is 2.42. The summed E-state index contributed by atoms with van der Waals surface area (Å²) in [4.78, 5) is 2.76. The highest BCUT2D eigenvalue weighted by molar-refractivity contribution is 4.99. The molecule has 0 unspecified atom stereocenters. The van der Waals surface area contributed by atoms with E-state index in [1.165, 1.54) is 64.6 Å². The fourth-order valence-electron chi connectivity index (χ4n) is 4.00. The minimum Gasteiger partial charge on any atom is -0.314 e. The number of nitrogens with zero attached hydrogens (tertiary/aromatic N) is 1. The van der Waals surface area contributed by atoms with Crippen LogP contribution in [0.25, 0.3) is 0 Å². The Bertz CT molecular complexity index is 238. The van der Waals surface area contributed by atoms with Crippen molar-refractivity contribution in [3.8, 4) is 0 Å². The van der Waals surface area contributed by atoms with Gasteiger partial charge in [0.2, 0.25) is 0 Å². The maximum absolute atomic E-state index is 3.75. The Morgan fingerprint density at radius 2 is 1.70 bits per heavy atom. The van der Waals surface area contributed by atoms with Crippen molar-refractivity contribution >= 4 is 0 Å². The number of piperidine rings is 1. The molecule has 2 heteroatoms. The summed E-state index contributed by atoms with van der Waals surface area (Å²) in [6.07, 6.45) is 9.61. The topological polar surface area (TPSA) is 15.3 Å². The van der Waals surface area contributed by atoms with Crippen LogP contribution in [0.4, 0.5) is 0 Å². The molecule has 0 aromatic carbocycles. The second kappa shape index (κ2) is 9.04. The Hall–Kier alpha value is -0.0800. The van der Waals surface area contributed by atoms with Gasteiger partial charge in [-0.2, -0.15) is 0 Å². The van der Waals surface area contributed by atoms with Crippen molar-refractivity contribution in [2.45, 2.75) is 91.1 Å². The van der Waals surface area contributed by atoms with Gasteiger partial charge >= 0.3 is 0 Å². The molecule has 0 atom stereocenters. The van der Waals surface area contributed by atoms with E-state index >= 15 is 0 Å². The molecule has 2 nitrogen and oxygen atoms in total.